The fourth-order valence-electron chi connectivity index (χ4n) is 3.26. The first-order valence-corrected chi connectivity index (χ1v) is 10.6. The Balaban J connectivity index is 1.91. The molecule has 3 rings (SSSR count). The van der Waals surface area contributed by atoms with E-state index in [9.17, 15) is 26.4 Å². The van der Waals surface area contributed by atoms with Crippen molar-refractivity contribution in [1.29, 1.82) is 0 Å². The molecular formula is C19H20F3N5O3S. The molecule has 0 saturated heterocycles. The van der Waals surface area contributed by atoms with Gasteiger partial charge in [0.15, 0.2) is 0 Å². The van der Waals surface area contributed by atoms with E-state index in [1.807, 2.05) is 0 Å². The van der Waals surface area contributed by atoms with Crippen LogP contribution in [0.25, 0.3) is 0 Å². The highest BCUT2D eigenvalue weighted by Gasteiger charge is 2.41. The van der Waals surface area contributed by atoms with Crippen LogP contribution in [0.1, 0.15) is 34.1 Å². The number of pyridine rings is 1. The Morgan fingerprint density at radius 2 is 1.94 bits per heavy atom. The minimum absolute atomic E-state index is 0.156. The van der Waals surface area contributed by atoms with Gasteiger partial charge in [0.25, 0.3) is 5.91 Å². The van der Waals surface area contributed by atoms with Crippen molar-refractivity contribution in [3.05, 3.63) is 58.9 Å². The van der Waals surface area contributed by atoms with Crippen LogP contribution in [0, 0.1) is 6.92 Å². The third-order valence-electron chi connectivity index (χ3n) is 4.96. The van der Waals surface area contributed by atoms with Gasteiger partial charge in [-0.05, 0) is 49.2 Å². The van der Waals surface area contributed by atoms with Crippen LogP contribution in [0.4, 0.5) is 18.9 Å². The van der Waals surface area contributed by atoms with E-state index in [4.69, 9.17) is 5.73 Å². The molecule has 8 nitrogen and oxygen atoms in total. The van der Waals surface area contributed by atoms with Crippen molar-refractivity contribution in [3.8, 4) is 0 Å². The summed E-state index contributed by atoms with van der Waals surface area (Å²) in [6, 6.07) is 6.57. The topological polar surface area (TPSA) is 118 Å². The van der Waals surface area contributed by atoms with Crippen LogP contribution in [0.3, 0.4) is 0 Å². The van der Waals surface area contributed by atoms with Gasteiger partial charge in [-0.15, -0.1) is 0 Å². The average Bonchev–Trinajstić information content (AvgIpc) is 2.66. The molecule has 2 heterocycles. The number of aryl methyl sites for hydroxylation is 1. The first kappa shape index (κ1) is 22.5. The number of alkyl halides is 3. The number of hydrogen-bond donors (Lipinski definition) is 2. The molecule has 166 valence electrons. The predicted octanol–water partition coefficient (Wildman–Crippen LogP) is 2.47. The van der Waals surface area contributed by atoms with Gasteiger partial charge >= 0.3 is 6.18 Å². The van der Waals surface area contributed by atoms with Gasteiger partial charge in [0.1, 0.15) is 11.2 Å². The van der Waals surface area contributed by atoms with Gasteiger partial charge < -0.3 is 11.1 Å². The average molecular weight is 455 g/mol. The number of halogens is 3. The maximum absolute atomic E-state index is 12.7. The van der Waals surface area contributed by atoms with Gasteiger partial charge in [-0.3, -0.25) is 9.78 Å². The molecule has 3 N–H and O–H groups in total. The van der Waals surface area contributed by atoms with Crippen molar-refractivity contribution in [2.45, 2.75) is 25.6 Å². The van der Waals surface area contributed by atoms with E-state index >= 15 is 0 Å². The number of nitrogens with one attached hydrogen (secondary N) is 1. The number of hydrogen-bond acceptors (Lipinski definition) is 6. The van der Waals surface area contributed by atoms with E-state index in [0.717, 1.165) is 22.0 Å². The van der Waals surface area contributed by atoms with Gasteiger partial charge in [0, 0.05) is 18.9 Å². The summed E-state index contributed by atoms with van der Waals surface area (Å²) < 4.78 is 63.8. The summed E-state index contributed by atoms with van der Waals surface area (Å²) >= 11 is 0. The van der Waals surface area contributed by atoms with E-state index in [0.29, 0.717) is 17.4 Å². The van der Waals surface area contributed by atoms with Crippen LogP contribution in [-0.2, 0) is 21.7 Å². The van der Waals surface area contributed by atoms with Crippen molar-refractivity contribution < 1.29 is 26.4 Å². The maximum atomic E-state index is 12.7. The second-order valence-corrected chi connectivity index (χ2v) is 9.38. The Morgan fingerprint density at radius 3 is 2.48 bits per heavy atom. The number of anilines is 1. The normalized spacial score (nSPS) is 20.8. The number of aromatic nitrogens is 1. The third kappa shape index (κ3) is 4.48. The molecule has 0 spiro atoms. The summed E-state index contributed by atoms with van der Waals surface area (Å²) in [6.07, 6.45) is -3.97. The van der Waals surface area contributed by atoms with Gasteiger partial charge in [0.2, 0.25) is 16.0 Å². The molecule has 31 heavy (non-hydrogen) atoms. The summed E-state index contributed by atoms with van der Waals surface area (Å²) in [6.45, 7) is 3.38. The van der Waals surface area contributed by atoms with Crippen LogP contribution in [0.5, 0.6) is 0 Å². The lowest BCUT2D eigenvalue weighted by atomic mass is 9.90. The molecule has 0 saturated carbocycles. The highest BCUT2D eigenvalue weighted by Crippen LogP contribution is 2.35. The number of guanidine groups is 1. The highest BCUT2D eigenvalue weighted by molar-refractivity contribution is 7.89. The number of nitrogens with two attached hydrogens (primary N) is 1. The fourth-order valence-corrected chi connectivity index (χ4v) is 4.71. The van der Waals surface area contributed by atoms with Crippen molar-refractivity contribution in [3.63, 3.8) is 0 Å². The molecule has 1 aliphatic rings. The lowest BCUT2D eigenvalue weighted by Gasteiger charge is -2.35. The smallest absolute Gasteiger partial charge is 0.369 e. The lowest BCUT2D eigenvalue weighted by Crippen LogP contribution is -2.50. The first-order valence-electron chi connectivity index (χ1n) is 9.01. The second kappa shape index (κ2) is 7.52. The van der Waals surface area contributed by atoms with E-state index in [1.54, 1.807) is 32.0 Å². The minimum atomic E-state index is -4.56. The summed E-state index contributed by atoms with van der Waals surface area (Å²) in [7, 11) is -2.38. The number of rotatable bonds is 3. The molecule has 0 radical (unpaired) electrons. The van der Waals surface area contributed by atoms with Gasteiger partial charge in [-0.1, -0.05) is 6.07 Å². The van der Waals surface area contributed by atoms with E-state index < -0.39 is 33.2 Å². The Bertz CT molecular complexity index is 1160. The number of benzene rings is 1. The zero-order valence-electron chi connectivity index (χ0n) is 16.9. The molecule has 0 bridgehead atoms. The summed E-state index contributed by atoms with van der Waals surface area (Å²) in [5.74, 6) is -1.19. The number of carbonyl (C=O) groups excluding carboxylic acids is 1. The fraction of sp³-hybridized carbons (Fsp3) is 0.316. The van der Waals surface area contributed by atoms with E-state index in [-0.39, 0.29) is 17.4 Å². The standard InChI is InChI=1S/C19H20F3N5O3S/c1-11-4-6-13(25-16(28)15-7-5-12(9-24-15)19(20,21)22)8-14(11)18(2)10-31(29,30)27(3)17(23)26-18/h4-9H,10H2,1-3H3,(H2,23,26)(H,25,28)/t18-/m0/s1. The Labute approximate surface area is 177 Å². The Hall–Kier alpha value is -3.15. The molecule has 0 fully saturated rings. The van der Waals surface area contributed by atoms with Crippen molar-refractivity contribution in [1.82, 2.24) is 9.29 Å². The van der Waals surface area contributed by atoms with Crippen molar-refractivity contribution in [2.75, 3.05) is 18.1 Å². The zero-order chi connectivity index (χ0) is 23.2. The van der Waals surface area contributed by atoms with Crippen LogP contribution >= 0.6 is 0 Å². The van der Waals surface area contributed by atoms with Crippen LogP contribution in [0.15, 0.2) is 41.5 Å². The number of nitrogens with zero attached hydrogens (tertiary/aromatic N) is 3. The van der Waals surface area contributed by atoms with Crippen LogP contribution in [0.2, 0.25) is 0 Å². The predicted molar refractivity (Wildman–Crippen MR) is 109 cm³/mol. The lowest BCUT2D eigenvalue weighted by molar-refractivity contribution is -0.137. The summed E-state index contributed by atoms with van der Waals surface area (Å²) in [5.41, 5.74) is 5.00. The molecule has 2 aromatic rings. The zero-order valence-corrected chi connectivity index (χ0v) is 17.7. The first-order chi connectivity index (χ1) is 14.2. The number of sulfonamides is 1. The molecule has 1 amide bonds. The van der Waals surface area contributed by atoms with Crippen molar-refractivity contribution >= 4 is 27.6 Å². The summed E-state index contributed by atoms with van der Waals surface area (Å²) in [5, 5.41) is 2.56. The second-order valence-electron chi connectivity index (χ2n) is 7.38. The van der Waals surface area contributed by atoms with Gasteiger partial charge in [0.05, 0.1) is 11.3 Å². The molecular weight excluding hydrogens is 435 g/mol. The number of aliphatic imine (C=N–C) groups is 1. The highest BCUT2D eigenvalue weighted by atomic mass is 32.2. The number of amides is 1. The SMILES string of the molecule is Cc1ccc(NC(=O)c2ccc(C(F)(F)F)cn2)cc1[C@]1(C)CS(=O)(=O)N(C)C(N)=N1. The van der Waals surface area contributed by atoms with Crippen LogP contribution < -0.4 is 11.1 Å². The Morgan fingerprint density at radius 1 is 1.26 bits per heavy atom. The molecule has 1 aromatic heterocycles. The Kier molecular flexibility index (Phi) is 5.47. The van der Waals surface area contributed by atoms with Crippen LogP contribution in [-0.4, -0.2) is 42.4 Å². The molecule has 1 atom stereocenters. The molecule has 1 aromatic carbocycles. The summed E-state index contributed by atoms with van der Waals surface area (Å²) in [4.78, 5) is 20.3. The monoisotopic (exact) mass is 455 g/mol. The van der Waals surface area contributed by atoms with Crippen molar-refractivity contribution in [2.24, 2.45) is 10.7 Å². The minimum Gasteiger partial charge on any atom is -0.369 e. The quantitative estimate of drug-likeness (QED) is 0.737. The molecule has 12 heteroatoms. The molecule has 0 aliphatic carbocycles. The molecule has 1 aliphatic heterocycles. The molecule has 0 unspecified atom stereocenters. The van der Waals surface area contributed by atoms with Gasteiger partial charge in [-0.25, -0.2) is 17.7 Å². The van der Waals surface area contributed by atoms with Gasteiger partial charge in [-0.2, -0.15) is 13.2 Å². The largest absolute Gasteiger partial charge is 0.417 e. The van der Waals surface area contributed by atoms with E-state index in [1.165, 1.54) is 7.05 Å². The number of carbonyl (C=O) groups is 1. The van der Waals surface area contributed by atoms with E-state index in [2.05, 4.69) is 15.3 Å². The third-order valence-corrected chi connectivity index (χ3v) is 6.91. The maximum Gasteiger partial charge on any atom is 0.417 e.